The van der Waals surface area contributed by atoms with Gasteiger partial charge in [-0.05, 0) is 18.2 Å². The molecule has 0 aliphatic heterocycles. The first-order valence-corrected chi connectivity index (χ1v) is 6.92. The molecule has 0 spiro atoms. The van der Waals surface area contributed by atoms with Crippen LogP contribution in [0.4, 0.5) is 5.69 Å². The highest BCUT2D eigenvalue weighted by Gasteiger charge is 2.08. The van der Waals surface area contributed by atoms with E-state index in [1.54, 1.807) is 12.3 Å². The molecule has 20 heavy (non-hydrogen) atoms. The number of anilines is 1. The molecule has 0 amide bonds. The molecular weight excluding hydrogens is 293 g/mol. The fraction of sp³-hybridized carbons (Fsp3) is 0.133. The van der Waals surface area contributed by atoms with Crippen LogP contribution in [0.5, 0.6) is 0 Å². The van der Waals surface area contributed by atoms with E-state index in [1.807, 2.05) is 36.8 Å². The molecule has 3 rings (SSSR count). The summed E-state index contributed by atoms with van der Waals surface area (Å²) in [4.78, 5) is 6.62. The summed E-state index contributed by atoms with van der Waals surface area (Å²) in [6, 6.07) is 9.92. The fourth-order valence-corrected chi connectivity index (χ4v) is 2.62. The minimum Gasteiger partial charge on any atom is -0.378 e. The SMILES string of the molecule is CN(C)c1ccc(-c2cn3cc(Cl)cc(Cl)c3n2)cc1. The van der Waals surface area contributed by atoms with Crippen LogP contribution in [0.25, 0.3) is 16.9 Å². The minimum absolute atomic E-state index is 0.550. The van der Waals surface area contributed by atoms with Gasteiger partial charge >= 0.3 is 0 Å². The number of imidazole rings is 1. The first kappa shape index (κ1) is 13.3. The topological polar surface area (TPSA) is 20.5 Å². The van der Waals surface area contributed by atoms with Crippen LogP contribution in [0, 0.1) is 0 Å². The summed E-state index contributed by atoms with van der Waals surface area (Å²) < 4.78 is 1.85. The molecule has 0 aliphatic rings. The molecule has 0 saturated heterocycles. The van der Waals surface area contributed by atoms with Gasteiger partial charge < -0.3 is 9.30 Å². The third-order valence-corrected chi connectivity index (χ3v) is 3.64. The van der Waals surface area contributed by atoms with Gasteiger partial charge in [0.2, 0.25) is 0 Å². The summed E-state index contributed by atoms with van der Waals surface area (Å²) in [5, 5.41) is 1.14. The highest BCUT2D eigenvalue weighted by molar-refractivity contribution is 6.36. The first-order valence-electron chi connectivity index (χ1n) is 6.16. The Morgan fingerprint density at radius 3 is 2.40 bits per heavy atom. The first-order chi connectivity index (χ1) is 9.54. The van der Waals surface area contributed by atoms with Gasteiger partial charge in [-0.25, -0.2) is 4.98 Å². The summed E-state index contributed by atoms with van der Waals surface area (Å²) >= 11 is 12.2. The molecule has 3 aromatic rings. The molecule has 102 valence electrons. The second-order valence-electron chi connectivity index (χ2n) is 4.80. The second-order valence-corrected chi connectivity index (χ2v) is 5.65. The number of halogens is 2. The largest absolute Gasteiger partial charge is 0.378 e. The van der Waals surface area contributed by atoms with Gasteiger partial charge in [0.15, 0.2) is 5.65 Å². The van der Waals surface area contributed by atoms with Crippen LogP contribution >= 0.6 is 23.2 Å². The average molecular weight is 306 g/mol. The number of fused-ring (bicyclic) bond motifs is 1. The molecule has 0 bridgehead atoms. The van der Waals surface area contributed by atoms with E-state index in [-0.39, 0.29) is 0 Å². The van der Waals surface area contributed by atoms with E-state index in [2.05, 4.69) is 22.0 Å². The van der Waals surface area contributed by atoms with E-state index >= 15 is 0 Å². The fourth-order valence-electron chi connectivity index (χ4n) is 2.09. The van der Waals surface area contributed by atoms with Crippen molar-refractivity contribution in [3.05, 3.63) is 52.8 Å². The van der Waals surface area contributed by atoms with Gasteiger partial charge in [0, 0.05) is 37.7 Å². The molecule has 3 nitrogen and oxygen atoms in total. The van der Waals surface area contributed by atoms with Crippen LogP contribution in [-0.4, -0.2) is 23.5 Å². The highest BCUT2D eigenvalue weighted by atomic mass is 35.5. The Labute approximate surface area is 127 Å². The molecule has 2 heterocycles. The lowest BCUT2D eigenvalue weighted by Gasteiger charge is -2.12. The Hall–Kier alpha value is -1.71. The lowest BCUT2D eigenvalue weighted by atomic mass is 10.1. The van der Waals surface area contributed by atoms with Gasteiger partial charge in [0.25, 0.3) is 0 Å². The van der Waals surface area contributed by atoms with Crippen molar-refractivity contribution in [3.63, 3.8) is 0 Å². The molecule has 0 radical (unpaired) electrons. The van der Waals surface area contributed by atoms with Crippen molar-refractivity contribution in [2.24, 2.45) is 0 Å². The van der Waals surface area contributed by atoms with Crippen LogP contribution in [-0.2, 0) is 0 Å². The standard InChI is InChI=1S/C15H13Cl2N3/c1-19(2)12-5-3-10(4-6-12)14-9-20-8-11(16)7-13(17)15(20)18-14/h3-9H,1-2H3. The monoisotopic (exact) mass is 305 g/mol. The minimum atomic E-state index is 0.550. The van der Waals surface area contributed by atoms with Crippen LogP contribution in [0.2, 0.25) is 10.0 Å². The zero-order valence-electron chi connectivity index (χ0n) is 11.1. The molecule has 5 heteroatoms. The van der Waals surface area contributed by atoms with Gasteiger partial charge in [0.05, 0.1) is 15.7 Å². The van der Waals surface area contributed by atoms with Crippen LogP contribution in [0.3, 0.4) is 0 Å². The summed E-state index contributed by atoms with van der Waals surface area (Å²) in [6.07, 6.45) is 3.73. The lowest BCUT2D eigenvalue weighted by molar-refractivity contribution is 1.13. The smallest absolute Gasteiger partial charge is 0.156 e. The number of rotatable bonds is 2. The van der Waals surface area contributed by atoms with Gasteiger partial charge in [-0.3, -0.25) is 0 Å². The van der Waals surface area contributed by atoms with Crippen LogP contribution < -0.4 is 4.90 Å². The number of aromatic nitrogens is 2. The number of hydrogen-bond acceptors (Lipinski definition) is 2. The third-order valence-electron chi connectivity index (χ3n) is 3.15. The molecule has 2 aromatic heterocycles. The van der Waals surface area contributed by atoms with Crippen molar-refractivity contribution >= 4 is 34.5 Å². The van der Waals surface area contributed by atoms with E-state index in [4.69, 9.17) is 23.2 Å². The molecule has 0 unspecified atom stereocenters. The van der Waals surface area contributed by atoms with Crippen molar-refractivity contribution in [2.75, 3.05) is 19.0 Å². The maximum Gasteiger partial charge on any atom is 0.156 e. The Kier molecular flexibility index (Phi) is 3.32. The van der Waals surface area contributed by atoms with Crippen molar-refractivity contribution in [3.8, 4) is 11.3 Å². The van der Waals surface area contributed by atoms with Crippen LogP contribution in [0.15, 0.2) is 42.7 Å². The Balaban J connectivity index is 2.08. The number of hydrogen-bond donors (Lipinski definition) is 0. The Morgan fingerprint density at radius 2 is 1.75 bits per heavy atom. The number of benzene rings is 1. The molecule has 1 aromatic carbocycles. The van der Waals surface area contributed by atoms with Gasteiger partial charge in [-0.15, -0.1) is 0 Å². The number of pyridine rings is 1. The van der Waals surface area contributed by atoms with E-state index < -0.39 is 0 Å². The molecular formula is C15H13Cl2N3. The predicted octanol–water partition coefficient (Wildman–Crippen LogP) is 4.37. The maximum atomic E-state index is 6.16. The zero-order chi connectivity index (χ0) is 14.3. The molecule has 0 N–H and O–H groups in total. The van der Waals surface area contributed by atoms with Crippen LogP contribution in [0.1, 0.15) is 0 Å². The average Bonchev–Trinajstić information content (AvgIpc) is 2.83. The molecule has 0 saturated carbocycles. The third kappa shape index (κ3) is 2.35. The summed E-state index contributed by atoms with van der Waals surface area (Å²) in [5.41, 5.74) is 3.78. The second kappa shape index (κ2) is 5.00. The normalized spacial score (nSPS) is 11.0. The summed E-state index contributed by atoms with van der Waals surface area (Å²) in [7, 11) is 4.03. The predicted molar refractivity (Wildman–Crippen MR) is 85.0 cm³/mol. The quantitative estimate of drug-likeness (QED) is 0.700. The zero-order valence-corrected chi connectivity index (χ0v) is 12.7. The molecule has 0 fully saturated rings. The Morgan fingerprint density at radius 1 is 1.05 bits per heavy atom. The van der Waals surface area contributed by atoms with Gasteiger partial charge in [-0.1, -0.05) is 35.3 Å². The highest BCUT2D eigenvalue weighted by Crippen LogP contribution is 2.26. The van der Waals surface area contributed by atoms with E-state index in [0.717, 1.165) is 16.9 Å². The van der Waals surface area contributed by atoms with Gasteiger partial charge in [0.1, 0.15) is 0 Å². The molecule has 0 aliphatic carbocycles. The van der Waals surface area contributed by atoms with Crippen molar-refractivity contribution in [2.45, 2.75) is 0 Å². The summed E-state index contributed by atoms with van der Waals surface area (Å²) in [5.74, 6) is 0. The lowest BCUT2D eigenvalue weighted by Crippen LogP contribution is -2.07. The van der Waals surface area contributed by atoms with E-state index in [0.29, 0.717) is 15.7 Å². The Bertz CT molecular complexity index is 761. The van der Waals surface area contributed by atoms with Crippen molar-refractivity contribution in [1.29, 1.82) is 0 Å². The van der Waals surface area contributed by atoms with Crippen molar-refractivity contribution in [1.82, 2.24) is 9.38 Å². The van der Waals surface area contributed by atoms with Gasteiger partial charge in [-0.2, -0.15) is 0 Å². The van der Waals surface area contributed by atoms with Crippen molar-refractivity contribution < 1.29 is 0 Å². The van der Waals surface area contributed by atoms with E-state index in [9.17, 15) is 0 Å². The molecule has 0 atom stereocenters. The summed E-state index contributed by atoms with van der Waals surface area (Å²) in [6.45, 7) is 0. The maximum absolute atomic E-state index is 6.16. The van der Waals surface area contributed by atoms with E-state index in [1.165, 1.54) is 0 Å². The number of nitrogens with zero attached hydrogens (tertiary/aromatic N) is 3.